The fraction of sp³-hybridized carbons (Fsp3) is 0.304. The Labute approximate surface area is 196 Å². The Morgan fingerprint density at radius 2 is 1.81 bits per heavy atom. The number of amides is 2. The molecule has 0 saturated carbocycles. The number of likely N-dealkylation sites (tertiary alicyclic amines) is 1. The molecule has 0 radical (unpaired) electrons. The number of carbonyl (C=O) groups excluding carboxylic acids is 2. The molecule has 9 heteroatoms. The van der Waals surface area contributed by atoms with Crippen molar-refractivity contribution in [2.75, 3.05) is 12.3 Å². The lowest BCUT2D eigenvalue weighted by molar-refractivity contribution is -0.138. The molecule has 2 amide bonds. The van der Waals surface area contributed by atoms with Gasteiger partial charge in [0.15, 0.2) is 11.0 Å². The molecule has 1 atom stereocenters. The summed E-state index contributed by atoms with van der Waals surface area (Å²) in [5.41, 5.74) is 7.50. The fourth-order valence-electron chi connectivity index (χ4n) is 3.85. The molecule has 1 aliphatic heterocycles. The zero-order valence-corrected chi connectivity index (χ0v) is 19.1. The molecule has 2 N–H and O–H groups in total. The summed E-state index contributed by atoms with van der Waals surface area (Å²) in [5, 5.41) is 10.0. The van der Waals surface area contributed by atoms with Gasteiger partial charge in [-0.15, -0.1) is 10.2 Å². The molecule has 0 aliphatic carbocycles. The van der Waals surface area contributed by atoms with Crippen LogP contribution in [0.25, 0.3) is 11.4 Å². The van der Waals surface area contributed by atoms with Gasteiger partial charge in [-0.3, -0.25) is 14.2 Å². The van der Waals surface area contributed by atoms with Crippen LogP contribution in [0, 0.1) is 0 Å². The van der Waals surface area contributed by atoms with Crippen LogP contribution in [0.1, 0.15) is 24.8 Å². The number of nitrogens with zero attached hydrogens (tertiary/aromatic N) is 4. The smallest absolute Gasteiger partial charge is 0.240 e. The van der Waals surface area contributed by atoms with E-state index in [-0.39, 0.29) is 11.7 Å². The van der Waals surface area contributed by atoms with Crippen LogP contribution in [-0.4, -0.2) is 49.8 Å². The van der Waals surface area contributed by atoms with E-state index in [0.29, 0.717) is 35.5 Å². The minimum Gasteiger partial charge on any atom is -0.368 e. The molecule has 166 valence electrons. The summed E-state index contributed by atoms with van der Waals surface area (Å²) < 4.78 is 2.00. The Hall–Kier alpha value is -2.84. The van der Waals surface area contributed by atoms with Gasteiger partial charge in [0.1, 0.15) is 6.04 Å². The zero-order valence-electron chi connectivity index (χ0n) is 17.5. The zero-order chi connectivity index (χ0) is 22.5. The monoisotopic (exact) mass is 469 g/mol. The van der Waals surface area contributed by atoms with Gasteiger partial charge in [-0.2, -0.15) is 0 Å². The second kappa shape index (κ2) is 10.2. The molecule has 0 bridgehead atoms. The molecule has 2 aromatic carbocycles. The van der Waals surface area contributed by atoms with Crippen LogP contribution in [0.5, 0.6) is 0 Å². The van der Waals surface area contributed by atoms with Crippen LogP contribution in [-0.2, 0) is 16.1 Å². The van der Waals surface area contributed by atoms with E-state index in [2.05, 4.69) is 10.2 Å². The maximum Gasteiger partial charge on any atom is 0.240 e. The number of aromatic nitrogens is 3. The average molecular weight is 470 g/mol. The summed E-state index contributed by atoms with van der Waals surface area (Å²) >= 11 is 7.36. The molecule has 1 aromatic heterocycles. The molecule has 0 spiro atoms. The number of carbonyl (C=O) groups is 2. The molecule has 32 heavy (non-hydrogen) atoms. The maximum atomic E-state index is 12.9. The summed E-state index contributed by atoms with van der Waals surface area (Å²) in [6.07, 6.45) is 2.40. The number of hydrogen-bond donors (Lipinski definition) is 1. The van der Waals surface area contributed by atoms with E-state index < -0.39 is 11.9 Å². The van der Waals surface area contributed by atoms with Gasteiger partial charge in [0.05, 0.1) is 12.3 Å². The second-order valence-corrected chi connectivity index (χ2v) is 9.05. The van der Waals surface area contributed by atoms with Gasteiger partial charge in [-0.1, -0.05) is 53.7 Å². The number of primary amides is 1. The van der Waals surface area contributed by atoms with Crippen molar-refractivity contribution < 1.29 is 9.59 Å². The van der Waals surface area contributed by atoms with Crippen molar-refractivity contribution in [3.63, 3.8) is 0 Å². The van der Waals surface area contributed by atoms with Crippen LogP contribution in [0.3, 0.4) is 0 Å². The van der Waals surface area contributed by atoms with Crippen LogP contribution < -0.4 is 5.73 Å². The number of rotatable bonds is 7. The molecule has 4 rings (SSSR count). The van der Waals surface area contributed by atoms with E-state index in [0.717, 1.165) is 24.0 Å². The predicted molar refractivity (Wildman–Crippen MR) is 125 cm³/mol. The van der Waals surface area contributed by atoms with Crippen molar-refractivity contribution in [2.45, 2.75) is 37.0 Å². The standard InChI is InChI=1S/C23H24ClN5O2S/c24-18-11-9-17(10-12-18)22-26-27-23(29(22)14-16-6-2-1-3-7-16)32-15-20(30)28-13-5-4-8-19(28)21(25)31/h1-3,6-7,9-12,19H,4-5,8,13-15H2,(H2,25,31). The van der Waals surface area contributed by atoms with Crippen molar-refractivity contribution in [2.24, 2.45) is 5.73 Å². The van der Waals surface area contributed by atoms with Gasteiger partial charge >= 0.3 is 0 Å². The van der Waals surface area contributed by atoms with Crippen molar-refractivity contribution in [3.05, 3.63) is 65.2 Å². The first-order valence-corrected chi connectivity index (χ1v) is 11.8. The summed E-state index contributed by atoms with van der Waals surface area (Å²) in [6, 6.07) is 16.9. The van der Waals surface area contributed by atoms with E-state index in [1.165, 1.54) is 11.8 Å². The first-order valence-electron chi connectivity index (χ1n) is 10.5. The lowest BCUT2D eigenvalue weighted by Gasteiger charge is -2.33. The highest BCUT2D eigenvalue weighted by atomic mass is 35.5. The molecule has 1 saturated heterocycles. The fourth-order valence-corrected chi connectivity index (χ4v) is 4.80. The number of benzene rings is 2. The molecule has 1 aliphatic rings. The normalized spacial score (nSPS) is 16.2. The Morgan fingerprint density at radius 3 is 2.53 bits per heavy atom. The highest BCUT2D eigenvalue weighted by molar-refractivity contribution is 7.99. The summed E-state index contributed by atoms with van der Waals surface area (Å²) in [5.74, 6) is 0.312. The van der Waals surface area contributed by atoms with Crippen LogP contribution in [0.15, 0.2) is 59.8 Å². The topological polar surface area (TPSA) is 94.1 Å². The Kier molecular flexibility index (Phi) is 7.12. The Balaban J connectivity index is 1.57. The van der Waals surface area contributed by atoms with Gasteiger partial charge in [-0.25, -0.2) is 0 Å². The van der Waals surface area contributed by atoms with Gasteiger partial charge in [0.25, 0.3) is 0 Å². The predicted octanol–water partition coefficient (Wildman–Crippen LogP) is 3.61. The molecule has 1 fully saturated rings. The largest absolute Gasteiger partial charge is 0.368 e. The Bertz CT molecular complexity index is 1090. The van der Waals surface area contributed by atoms with E-state index in [1.54, 1.807) is 4.90 Å². The van der Waals surface area contributed by atoms with Crippen molar-refractivity contribution in [3.8, 4) is 11.4 Å². The molecule has 1 unspecified atom stereocenters. The lowest BCUT2D eigenvalue weighted by Crippen LogP contribution is -2.51. The van der Waals surface area contributed by atoms with Gasteiger partial charge in [0, 0.05) is 17.1 Å². The first kappa shape index (κ1) is 22.4. The minimum absolute atomic E-state index is 0.110. The number of thioether (sulfide) groups is 1. The molecule has 2 heterocycles. The first-order chi connectivity index (χ1) is 15.5. The van der Waals surface area contributed by atoms with Crippen LogP contribution in [0.2, 0.25) is 5.02 Å². The average Bonchev–Trinajstić information content (AvgIpc) is 3.21. The highest BCUT2D eigenvalue weighted by Crippen LogP contribution is 2.27. The molecular weight excluding hydrogens is 446 g/mol. The SMILES string of the molecule is NC(=O)C1CCCCN1C(=O)CSc1nnc(-c2ccc(Cl)cc2)n1Cc1ccccc1. The minimum atomic E-state index is -0.524. The van der Waals surface area contributed by atoms with Crippen molar-refractivity contribution >= 4 is 35.2 Å². The quantitative estimate of drug-likeness (QED) is 0.533. The highest BCUT2D eigenvalue weighted by Gasteiger charge is 2.30. The number of nitrogens with two attached hydrogens (primary N) is 1. The van der Waals surface area contributed by atoms with E-state index in [1.807, 2.05) is 59.2 Å². The molecule has 3 aromatic rings. The number of piperidine rings is 1. The van der Waals surface area contributed by atoms with E-state index in [4.69, 9.17) is 17.3 Å². The number of halogens is 1. The van der Waals surface area contributed by atoms with Gasteiger partial charge < -0.3 is 10.6 Å². The third kappa shape index (κ3) is 5.14. The van der Waals surface area contributed by atoms with Gasteiger partial charge in [0.2, 0.25) is 11.8 Å². The van der Waals surface area contributed by atoms with Crippen molar-refractivity contribution in [1.82, 2.24) is 19.7 Å². The molecular formula is C23H24ClN5O2S. The van der Waals surface area contributed by atoms with Crippen LogP contribution >= 0.6 is 23.4 Å². The summed E-state index contributed by atoms with van der Waals surface area (Å²) in [4.78, 5) is 26.3. The second-order valence-electron chi connectivity index (χ2n) is 7.67. The lowest BCUT2D eigenvalue weighted by atomic mass is 10.0. The third-order valence-corrected chi connectivity index (χ3v) is 6.68. The maximum absolute atomic E-state index is 12.9. The van der Waals surface area contributed by atoms with E-state index >= 15 is 0 Å². The van der Waals surface area contributed by atoms with Gasteiger partial charge in [-0.05, 0) is 49.1 Å². The summed E-state index contributed by atoms with van der Waals surface area (Å²) in [6.45, 7) is 1.12. The summed E-state index contributed by atoms with van der Waals surface area (Å²) in [7, 11) is 0. The molecule has 7 nitrogen and oxygen atoms in total. The van der Waals surface area contributed by atoms with E-state index in [9.17, 15) is 9.59 Å². The number of hydrogen-bond acceptors (Lipinski definition) is 5. The third-order valence-electron chi connectivity index (χ3n) is 5.48. The van der Waals surface area contributed by atoms with Crippen molar-refractivity contribution in [1.29, 1.82) is 0 Å². The Morgan fingerprint density at radius 1 is 1.06 bits per heavy atom. The van der Waals surface area contributed by atoms with Crippen LogP contribution in [0.4, 0.5) is 0 Å².